The van der Waals surface area contributed by atoms with Gasteiger partial charge in [0.2, 0.25) is 0 Å². The summed E-state index contributed by atoms with van der Waals surface area (Å²) in [7, 11) is 0. The maximum atomic E-state index is 8.99. The summed E-state index contributed by atoms with van der Waals surface area (Å²) in [5, 5.41) is 8.99. The van der Waals surface area contributed by atoms with Crippen molar-refractivity contribution in [2.45, 2.75) is 13.0 Å². The van der Waals surface area contributed by atoms with Crippen molar-refractivity contribution >= 4 is 28.6 Å². The Morgan fingerprint density at radius 2 is 2.29 bits per heavy atom. The number of fused-ring (bicyclic) bond motifs is 1. The molecule has 0 aromatic carbocycles. The zero-order valence-corrected chi connectivity index (χ0v) is 9.80. The molecule has 0 bridgehead atoms. The Bertz CT molecular complexity index is 551. The molecular weight excluding hydrogens is 242 g/mol. The fraction of sp³-hybridized carbons (Fsp3) is 0.300. The molecule has 2 heterocycles. The summed E-state index contributed by atoms with van der Waals surface area (Å²) >= 11 is 5.56. The van der Waals surface area contributed by atoms with Crippen molar-refractivity contribution in [2.24, 2.45) is 0 Å². The number of nitrogen functional groups attached to an aromatic ring is 1. The molecule has 90 valence electrons. The van der Waals surface area contributed by atoms with E-state index in [0.717, 1.165) is 5.57 Å². The maximum absolute atomic E-state index is 8.99. The number of hydrogen-bond acceptors (Lipinski definition) is 5. The Morgan fingerprint density at radius 3 is 3.00 bits per heavy atom. The van der Waals surface area contributed by atoms with Crippen LogP contribution in [-0.2, 0) is 6.54 Å². The van der Waals surface area contributed by atoms with E-state index in [9.17, 15) is 0 Å². The molecule has 0 amide bonds. The average Bonchev–Trinajstić information content (AvgIpc) is 2.75. The number of aryl methyl sites for hydroxylation is 1. The third-order valence-electron chi connectivity index (χ3n) is 2.46. The van der Waals surface area contributed by atoms with Gasteiger partial charge < -0.3 is 15.4 Å². The monoisotopic (exact) mass is 253 g/mol. The van der Waals surface area contributed by atoms with Crippen molar-refractivity contribution in [1.29, 1.82) is 0 Å². The van der Waals surface area contributed by atoms with Crippen molar-refractivity contribution < 1.29 is 5.11 Å². The quantitative estimate of drug-likeness (QED) is 0.845. The highest BCUT2D eigenvalue weighted by molar-refractivity contribution is 6.25. The van der Waals surface area contributed by atoms with Crippen LogP contribution in [-0.4, -0.2) is 31.2 Å². The van der Waals surface area contributed by atoms with E-state index in [0.29, 0.717) is 29.9 Å². The summed E-state index contributed by atoms with van der Waals surface area (Å²) in [6.07, 6.45) is 3.69. The molecule has 0 aliphatic heterocycles. The second-order valence-corrected chi connectivity index (χ2v) is 3.76. The van der Waals surface area contributed by atoms with Crippen molar-refractivity contribution in [1.82, 2.24) is 19.5 Å². The first-order valence-electron chi connectivity index (χ1n) is 5.06. The molecule has 2 rings (SSSR count). The fourth-order valence-corrected chi connectivity index (χ4v) is 1.67. The van der Waals surface area contributed by atoms with Gasteiger partial charge in [-0.15, -0.1) is 0 Å². The number of aromatic nitrogens is 4. The lowest BCUT2D eigenvalue weighted by molar-refractivity contribution is 0.325. The van der Waals surface area contributed by atoms with E-state index in [-0.39, 0.29) is 6.61 Å². The molecule has 0 unspecified atom stereocenters. The minimum absolute atomic E-state index is 0.0484. The topological polar surface area (TPSA) is 89.9 Å². The first-order chi connectivity index (χ1) is 8.26. The average molecular weight is 254 g/mol. The number of aliphatic hydroxyl groups excluding tert-OH is 1. The van der Waals surface area contributed by atoms with Crippen LogP contribution in [0.4, 0.5) is 5.82 Å². The number of anilines is 1. The first-order valence-corrected chi connectivity index (χ1v) is 5.50. The highest BCUT2D eigenvalue weighted by Crippen LogP contribution is 2.15. The first kappa shape index (κ1) is 11.8. The smallest absolute Gasteiger partial charge is 0.165 e. The molecule has 0 aliphatic carbocycles. The van der Waals surface area contributed by atoms with Gasteiger partial charge in [0.15, 0.2) is 11.5 Å². The van der Waals surface area contributed by atoms with E-state index in [1.54, 1.807) is 6.33 Å². The van der Waals surface area contributed by atoms with Crippen LogP contribution in [0.5, 0.6) is 0 Å². The fourth-order valence-electron chi connectivity index (χ4n) is 1.49. The molecule has 2 aromatic rings. The van der Waals surface area contributed by atoms with E-state index >= 15 is 0 Å². The molecule has 0 fully saturated rings. The highest BCUT2D eigenvalue weighted by Gasteiger charge is 2.07. The molecule has 3 N–H and O–H groups in total. The number of imidazole rings is 1. The molecule has 17 heavy (non-hydrogen) atoms. The Labute approximate surface area is 103 Å². The van der Waals surface area contributed by atoms with E-state index in [1.807, 2.05) is 4.57 Å². The predicted molar refractivity (Wildman–Crippen MR) is 65.4 cm³/mol. The predicted octanol–water partition coefficient (Wildman–Crippen LogP) is 0.914. The van der Waals surface area contributed by atoms with E-state index < -0.39 is 0 Å². The van der Waals surface area contributed by atoms with Crippen LogP contribution in [0.2, 0.25) is 0 Å². The zero-order valence-electron chi connectivity index (χ0n) is 9.04. The second-order valence-electron chi connectivity index (χ2n) is 3.54. The SMILES string of the molecule is Nc1ncnc2c1ncn2CCC(=CCl)CO. The third-order valence-corrected chi connectivity index (χ3v) is 2.77. The van der Waals surface area contributed by atoms with Crippen molar-refractivity contribution in [3.8, 4) is 0 Å². The maximum Gasteiger partial charge on any atom is 0.165 e. The highest BCUT2D eigenvalue weighted by atomic mass is 35.5. The number of halogens is 1. The summed E-state index contributed by atoms with van der Waals surface area (Å²) in [5.74, 6) is 0.365. The summed E-state index contributed by atoms with van der Waals surface area (Å²) in [5.41, 5.74) is 9.10. The largest absolute Gasteiger partial charge is 0.392 e. The van der Waals surface area contributed by atoms with Gasteiger partial charge in [-0.05, 0) is 12.0 Å². The Morgan fingerprint density at radius 1 is 1.47 bits per heavy atom. The summed E-state index contributed by atoms with van der Waals surface area (Å²) in [4.78, 5) is 12.1. The molecule has 2 aromatic heterocycles. The van der Waals surface area contributed by atoms with Crippen molar-refractivity contribution in [3.05, 3.63) is 23.8 Å². The third kappa shape index (κ3) is 2.37. The lowest BCUT2D eigenvalue weighted by atomic mass is 10.2. The van der Waals surface area contributed by atoms with Gasteiger partial charge in [-0.1, -0.05) is 11.6 Å². The van der Waals surface area contributed by atoms with Crippen LogP contribution in [0.3, 0.4) is 0 Å². The molecule has 0 spiro atoms. The number of nitrogens with two attached hydrogens (primary N) is 1. The van der Waals surface area contributed by atoms with Gasteiger partial charge >= 0.3 is 0 Å². The minimum Gasteiger partial charge on any atom is -0.392 e. The molecule has 7 heteroatoms. The molecule has 0 saturated carbocycles. The number of rotatable bonds is 4. The van der Waals surface area contributed by atoms with E-state index in [1.165, 1.54) is 11.9 Å². The molecule has 6 nitrogen and oxygen atoms in total. The second kappa shape index (κ2) is 5.11. The normalized spacial score (nSPS) is 12.2. The van der Waals surface area contributed by atoms with Crippen molar-refractivity contribution in [3.63, 3.8) is 0 Å². The molecule has 0 radical (unpaired) electrons. The van der Waals surface area contributed by atoms with Gasteiger partial charge in [0.1, 0.15) is 11.8 Å². The van der Waals surface area contributed by atoms with Crippen LogP contribution >= 0.6 is 11.6 Å². The molecule has 0 atom stereocenters. The van der Waals surface area contributed by atoms with Crippen LogP contribution in [0, 0.1) is 0 Å². The van der Waals surface area contributed by atoms with Crippen LogP contribution in [0.25, 0.3) is 11.2 Å². The number of hydrogen-bond donors (Lipinski definition) is 2. The van der Waals surface area contributed by atoms with E-state index in [4.69, 9.17) is 22.4 Å². The standard InChI is InChI=1S/C10H12ClN5O/c11-3-7(4-17)1-2-16-6-15-8-9(12)13-5-14-10(8)16/h3,5-6,17H,1-2,4H2,(H2,12,13,14). The molecular formula is C10H12ClN5O. The number of aliphatic hydroxyl groups is 1. The van der Waals surface area contributed by atoms with Gasteiger partial charge in [0.05, 0.1) is 12.9 Å². The van der Waals surface area contributed by atoms with Gasteiger partial charge in [-0.25, -0.2) is 15.0 Å². The number of nitrogens with zero attached hydrogens (tertiary/aromatic N) is 4. The van der Waals surface area contributed by atoms with Crippen LogP contribution in [0.15, 0.2) is 23.8 Å². The van der Waals surface area contributed by atoms with Crippen LogP contribution in [0.1, 0.15) is 6.42 Å². The molecule has 0 aliphatic rings. The summed E-state index contributed by atoms with van der Waals surface area (Å²) < 4.78 is 1.85. The van der Waals surface area contributed by atoms with E-state index in [2.05, 4.69) is 15.0 Å². The van der Waals surface area contributed by atoms with Gasteiger partial charge in [0, 0.05) is 12.1 Å². The Balaban J connectivity index is 2.23. The lowest BCUT2D eigenvalue weighted by Crippen LogP contribution is -2.02. The summed E-state index contributed by atoms with van der Waals surface area (Å²) in [6, 6.07) is 0. The Kier molecular flexibility index (Phi) is 3.55. The summed E-state index contributed by atoms with van der Waals surface area (Å²) in [6.45, 7) is 0.583. The van der Waals surface area contributed by atoms with Gasteiger partial charge in [-0.3, -0.25) is 0 Å². The van der Waals surface area contributed by atoms with Gasteiger partial charge in [0.25, 0.3) is 0 Å². The van der Waals surface area contributed by atoms with Crippen molar-refractivity contribution in [2.75, 3.05) is 12.3 Å². The van der Waals surface area contributed by atoms with Gasteiger partial charge in [-0.2, -0.15) is 0 Å². The van der Waals surface area contributed by atoms with Crippen LogP contribution < -0.4 is 5.73 Å². The lowest BCUT2D eigenvalue weighted by Gasteiger charge is -2.04. The Hall–Kier alpha value is -1.66. The minimum atomic E-state index is -0.0484. The zero-order chi connectivity index (χ0) is 12.3. The molecule has 0 saturated heterocycles.